The summed E-state index contributed by atoms with van der Waals surface area (Å²) in [6.07, 6.45) is 0. The highest BCUT2D eigenvalue weighted by Gasteiger charge is 2.04. The quantitative estimate of drug-likeness (QED) is 0.802. The predicted octanol–water partition coefficient (Wildman–Crippen LogP) is 2.39. The molecule has 0 saturated heterocycles. The van der Waals surface area contributed by atoms with Crippen LogP contribution in [0, 0.1) is 6.92 Å². The summed E-state index contributed by atoms with van der Waals surface area (Å²) in [5, 5.41) is 2.82. The first kappa shape index (κ1) is 15.5. The number of aryl methyl sites for hydroxylation is 1. The van der Waals surface area contributed by atoms with Crippen molar-refractivity contribution < 1.29 is 9.53 Å². The third-order valence-electron chi connectivity index (χ3n) is 2.76. The maximum absolute atomic E-state index is 11.7. The minimum atomic E-state index is -0.153. The molecule has 0 spiro atoms. The maximum atomic E-state index is 11.7. The van der Waals surface area contributed by atoms with Crippen molar-refractivity contribution in [1.29, 1.82) is 0 Å². The van der Waals surface area contributed by atoms with Crippen LogP contribution in [0.4, 0.5) is 0 Å². The second-order valence-electron chi connectivity index (χ2n) is 4.47. The molecule has 4 nitrogen and oxygen atoms in total. The van der Waals surface area contributed by atoms with Gasteiger partial charge in [-0.25, -0.2) is 0 Å². The largest absolute Gasteiger partial charge is 0.484 e. The molecular weight excluding hydrogens is 304 g/mol. The lowest BCUT2D eigenvalue weighted by Gasteiger charge is -2.07. The molecule has 0 unspecified atom stereocenters. The molecule has 2 aromatic rings. The van der Waals surface area contributed by atoms with Crippen molar-refractivity contribution >= 4 is 34.5 Å². The topological polar surface area (TPSA) is 64.3 Å². The maximum Gasteiger partial charge on any atom is 0.258 e. The van der Waals surface area contributed by atoms with Crippen LogP contribution >= 0.6 is 23.6 Å². The number of carbonyl (C=O) groups is 1. The Labute approximate surface area is 132 Å². The van der Waals surface area contributed by atoms with Crippen LogP contribution in [0.25, 0.3) is 0 Å². The van der Waals surface area contributed by atoms with E-state index in [1.165, 1.54) is 4.88 Å². The van der Waals surface area contributed by atoms with Crippen molar-refractivity contribution in [1.82, 2.24) is 5.32 Å². The average molecular weight is 320 g/mol. The van der Waals surface area contributed by atoms with E-state index in [1.54, 1.807) is 35.6 Å². The van der Waals surface area contributed by atoms with E-state index in [9.17, 15) is 4.79 Å². The number of ether oxygens (including phenoxy) is 1. The normalized spacial score (nSPS) is 10.1. The lowest BCUT2D eigenvalue weighted by Crippen LogP contribution is -2.28. The smallest absolute Gasteiger partial charge is 0.258 e. The Kier molecular flexibility index (Phi) is 5.30. The number of hydrogen-bond donors (Lipinski definition) is 2. The molecule has 1 amide bonds. The van der Waals surface area contributed by atoms with Gasteiger partial charge in [-0.3, -0.25) is 4.79 Å². The molecule has 0 aliphatic heterocycles. The fourth-order valence-corrected chi connectivity index (χ4v) is 2.65. The highest BCUT2D eigenvalue weighted by atomic mass is 32.1. The number of thiocarbonyl (C=S) groups is 1. The van der Waals surface area contributed by atoms with Gasteiger partial charge in [-0.2, -0.15) is 0 Å². The van der Waals surface area contributed by atoms with Crippen LogP contribution in [0.5, 0.6) is 5.75 Å². The number of rotatable bonds is 6. The van der Waals surface area contributed by atoms with Gasteiger partial charge < -0.3 is 15.8 Å². The van der Waals surface area contributed by atoms with Crippen molar-refractivity contribution in [3.8, 4) is 5.75 Å². The van der Waals surface area contributed by atoms with Gasteiger partial charge in [0.2, 0.25) is 0 Å². The molecule has 0 atom stereocenters. The third kappa shape index (κ3) is 4.84. The van der Waals surface area contributed by atoms with E-state index < -0.39 is 0 Å². The summed E-state index contributed by atoms with van der Waals surface area (Å²) in [6, 6.07) is 11.1. The van der Waals surface area contributed by atoms with E-state index in [0.717, 1.165) is 10.4 Å². The Morgan fingerprint density at radius 1 is 1.29 bits per heavy atom. The van der Waals surface area contributed by atoms with Gasteiger partial charge in [0.1, 0.15) is 10.7 Å². The Bertz CT molecular complexity index is 635. The molecule has 0 fully saturated rings. The SMILES string of the molecule is Cc1ccc(CNC(=O)COc2ccc(C(N)=S)cc2)s1. The molecule has 6 heteroatoms. The van der Waals surface area contributed by atoms with Gasteiger partial charge in [0.15, 0.2) is 6.61 Å². The second kappa shape index (κ2) is 7.19. The van der Waals surface area contributed by atoms with Crippen LogP contribution in [0.15, 0.2) is 36.4 Å². The van der Waals surface area contributed by atoms with Crippen LogP contribution in [-0.2, 0) is 11.3 Å². The van der Waals surface area contributed by atoms with Gasteiger partial charge >= 0.3 is 0 Å². The first-order valence-corrected chi connectivity index (χ1v) is 7.62. The monoisotopic (exact) mass is 320 g/mol. The Morgan fingerprint density at radius 3 is 2.57 bits per heavy atom. The molecule has 0 aliphatic carbocycles. The predicted molar refractivity (Wildman–Crippen MR) is 88.7 cm³/mol. The Hall–Kier alpha value is -1.92. The minimum Gasteiger partial charge on any atom is -0.484 e. The highest BCUT2D eigenvalue weighted by Crippen LogP contribution is 2.14. The fraction of sp³-hybridized carbons (Fsp3) is 0.200. The van der Waals surface area contributed by atoms with E-state index >= 15 is 0 Å². The highest BCUT2D eigenvalue weighted by molar-refractivity contribution is 7.80. The number of thiophene rings is 1. The zero-order chi connectivity index (χ0) is 15.2. The van der Waals surface area contributed by atoms with Crippen LogP contribution in [0.2, 0.25) is 0 Å². The van der Waals surface area contributed by atoms with Gasteiger partial charge in [0.25, 0.3) is 5.91 Å². The molecule has 3 N–H and O–H groups in total. The van der Waals surface area contributed by atoms with Gasteiger partial charge in [-0.05, 0) is 43.3 Å². The molecule has 2 rings (SSSR count). The number of nitrogens with one attached hydrogen (secondary N) is 1. The van der Waals surface area contributed by atoms with Crippen molar-refractivity contribution in [2.45, 2.75) is 13.5 Å². The number of carbonyl (C=O) groups excluding carboxylic acids is 1. The molecular formula is C15H16N2O2S2. The molecule has 0 aliphatic rings. The van der Waals surface area contributed by atoms with Gasteiger partial charge in [-0.15, -0.1) is 11.3 Å². The fourth-order valence-electron chi connectivity index (χ4n) is 1.68. The summed E-state index contributed by atoms with van der Waals surface area (Å²) in [5.41, 5.74) is 6.28. The van der Waals surface area contributed by atoms with E-state index in [0.29, 0.717) is 17.3 Å². The summed E-state index contributed by atoms with van der Waals surface area (Å²) in [6.45, 7) is 2.55. The van der Waals surface area contributed by atoms with E-state index in [-0.39, 0.29) is 12.5 Å². The van der Waals surface area contributed by atoms with Crippen LogP contribution in [0.3, 0.4) is 0 Å². The van der Waals surface area contributed by atoms with E-state index in [1.807, 2.05) is 19.1 Å². The standard InChI is InChI=1S/C15H16N2O2S2/c1-10-2-7-13(21-10)8-17-14(18)9-19-12-5-3-11(4-6-12)15(16)20/h2-7H,8-9H2,1H3,(H2,16,20)(H,17,18). The molecule has 1 heterocycles. The summed E-state index contributed by atoms with van der Waals surface area (Å²) in [5.74, 6) is 0.455. The number of benzene rings is 1. The molecule has 0 radical (unpaired) electrons. The van der Waals surface area contributed by atoms with Crippen LogP contribution in [0.1, 0.15) is 15.3 Å². The lowest BCUT2D eigenvalue weighted by molar-refractivity contribution is -0.123. The van der Waals surface area contributed by atoms with E-state index in [4.69, 9.17) is 22.7 Å². The molecule has 1 aromatic heterocycles. The molecule has 110 valence electrons. The van der Waals surface area contributed by atoms with Crippen LogP contribution in [-0.4, -0.2) is 17.5 Å². The third-order valence-corrected chi connectivity index (χ3v) is 4.00. The van der Waals surface area contributed by atoms with Crippen molar-refractivity contribution in [3.63, 3.8) is 0 Å². The molecule has 0 bridgehead atoms. The number of nitrogens with two attached hydrogens (primary N) is 1. The van der Waals surface area contributed by atoms with E-state index in [2.05, 4.69) is 5.32 Å². The van der Waals surface area contributed by atoms with Gasteiger partial charge in [0, 0.05) is 15.3 Å². The van der Waals surface area contributed by atoms with Crippen molar-refractivity contribution in [2.75, 3.05) is 6.61 Å². The van der Waals surface area contributed by atoms with Gasteiger partial charge in [0.05, 0.1) is 6.54 Å². The van der Waals surface area contributed by atoms with Crippen molar-refractivity contribution in [2.24, 2.45) is 5.73 Å². The summed E-state index contributed by atoms with van der Waals surface area (Å²) >= 11 is 6.54. The molecule has 21 heavy (non-hydrogen) atoms. The van der Waals surface area contributed by atoms with Crippen molar-refractivity contribution in [3.05, 3.63) is 51.7 Å². The average Bonchev–Trinajstić information content (AvgIpc) is 2.89. The first-order chi connectivity index (χ1) is 10.0. The zero-order valence-electron chi connectivity index (χ0n) is 11.6. The summed E-state index contributed by atoms with van der Waals surface area (Å²) < 4.78 is 5.40. The zero-order valence-corrected chi connectivity index (χ0v) is 13.2. The van der Waals surface area contributed by atoms with Gasteiger partial charge in [-0.1, -0.05) is 12.2 Å². The molecule has 0 saturated carbocycles. The van der Waals surface area contributed by atoms with Crippen LogP contribution < -0.4 is 15.8 Å². The Balaban J connectivity index is 1.77. The number of amides is 1. The summed E-state index contributed by atoms with van der Waals surface area (Å²) in [7, 11) is 0. The summed E-state index contributed by atoms with van der Waals surface area (Å²) in [4.78, 5) is 14.4. The number of hydrogen-bond acceptors (Lipinski definition) is 4. The lowest BCUT2D eigenvalue weighted by atomic mass is 10.2. The molecule has 1 aromatic carbocycles. The Morgan fingerprint density at radius 2 is 2.00 bits per heavy atom. The minimum absolute atomic E-state index is 0.0171. The second-order valence-corrected chi connectivity index (χ2v) is 6.28. The first-order valence-electron chi connectivity index (χ1n) is 6.39.